The van der Waals surface area contributed by atoms with Gasteiger partial charge in [-0.15, -0.1) is 13.2 Å². The highest BCUT2D eigenvalue weighted by molar-refractivity contribution is 7.86. The quantitative estimate of drug-likeness (QED) is 0.200. The number of halogens is 8. The Balaban J connectivity index is 0.000000279. The molecule has 0 saturated heterocycles. The number of fused-ring (bicyclic) bond motifs is 3. The van der Waals surface area contributed by atoms with Crippen LogP contribution in [-0.2, 0) is 15.6 Å². The summed E-state index contributed by atoms with van der Waals surface area (Å²) < 4.78 is 125. The van der Waals surface area contributed by atoms with Crippen molar-refractivity contribution >= 4 is 40.8 Å². The van der Waals surface area contributed by atoms with Crippen LogP contribution in [0.25, 0.3) is 20.2 Å². The van der Waals surface area contributed by atoms with Crippen molar-refractivity contribution in [2.45, 2.75) is 11.0 Å². The third kappa shape index (κ3) is 4.47. The molecule has 3 rings (SSSR count). The molecule has 1 heterocycles. The molecule has 0 atom stereocenters. The first kappa shape index (κ1) is 21.3. The number of hydrogen-bond donors (Lipinski definition) is 0. The van der Waals surface area contributed by atoms with E-state index in [1.165, 1.54) is 0 Å². The number of thiophene rings is 1. The van der Waals surface area contributed by atoms with Crippen molar-refractivity contribution in [1.29, 1.82) is 0 Å². The van der Waals surface area contributed by atoms with Crippen LogP contribution in [0.3, 0.4) is 0 Å². The van der Waals surface area contributed by atoms with E-state index in [1.807, 2.05) is 0 Å². The maximum absolute atomic E-state index is 13.2. The summed E-state index contributed by atoms with van der Waals surface area (Å²) in [6, 6.07) is 6.27. The Hall–Kier alpha value is -1.99. The first-order valence-corrected chi connectivity index (χ1v) is 9.19. The molecular formula is C14H6F8O3S2. The van der Waals surface area contributed by atoms with Gasteiger partial charge < -0.3 is 4.55 Å². The van der Waals surface area contributed by atoms with Crippen LogP contribution in [0.4, 0.5) is 35.1 Å². The van der Waals surface area contributed by atoms with Crippen molar-refractivity contribution < 1.29 is 48.1 Å². The van der Waals surface area contributed by atoms with Crippen molar-refractivity contribution in [1.82, 2.24) is 0 Å². The van der Waals surface area contributed by atoms with Gasteiger partial charge in [-0.1, -0.05) is 0 Å². The highest BCUT2D eigenvalue weighted by Crippen LogP contribution is 2.54. The normalized spacial score (nSPS) is 12.9. The van der Waals surface area contributed by atoms with E-state index >= 15 is 0 Å². The lowest BCUT2D eigenvalue weighted by molar-refractivity contribution is -0.0862. The Labute approximate surface area is 148 Å². The Morgan fingerprint density at radius 3 is 1.37 bits per heavy atom. The molecule has 3 aromatic rings. The number of alkyl halides is 6. The van der Waals surface area contributed by atoms with Crippen molar-refractivity contribution in [3.05, 3.63) is 48.0 Å². The lowest BCUT2D eigenvalue weighted by atomic mass is 10.1. The van der Waals surface area contributed by atoms with Gasteiger partial charge in [0.15, 0.2) is 19.5 Å². The lowest BCUT2D eigenvalue weighted by Crippen LogP contribution is -2.21. The minimum Gasteiger partial charge on any atom is -0.741 e. The Bertz CT molecular complexity index is 1040. The fourth-order valence-electron chi connectivity index (χ4n) is 2.15. The fraction of sp³-hybridized carbons (Fsp3) is 0.143. The number of hydrogen-bond acceptors (Lipinski definition) is 3. The van der Waals surface area contributed by atoms with Crippen molar-refractivity contribution in [3.63, 3.8) is 0 Å². The van der Waals surface area contributed by atoms with E-state index in [2.05, 4.69) is 0 Å². The molecule has 0 N–H and O–H groups in total. The van der Waals surface area contributed by atoms with Crippen molar-refractivity contribution in [3.8, 4) is 0 Å². The van der Waals surface area contributed by atoms with Gasteiger partial charge in [0.25, 0.3) is 0 Å². The standard InChI is InChI=1S/C13H6F5S.CHF3O3S/c14-7-1-3-11-9(5-7)10-6-8(15)2-4-12(10)19(11)13(16,17)18;2-1(3,4)8(5,6)7/h1-6H;(H,5,6,7)/q+1;/p-1. The van der Waals surface area contributed by atoms with Crippen LogP contribution in [0.1, 0.15) is 0 Å². The second kappa shape index (κ2) is 6.87. The van der Waals surface area contributed by atoms with Gasteiger partial charge in [-0.25, -0.2) is 17.2 Å². The summed E-state index contributed by atoms with van der Waals surface area (Å²) >= 11 is 0. The molecular weight excluding hydrogens is 432 g/mol. The van der Waals surface area contributed by atoms with Gasteiger partial charge >= 0.3 is 11.0 Å². The predicted octanol–water partition coefficient (Wildman–Crippen LogP) is 5.55. The Morgan fingerprint density at radius 2 is 1.11 bits per heavy atom. The van der Waals surface area contributed by atoms with Crippen LogP contribution in [0.2, 0.25) is 0 Å². The van der Waals surface area contributed by atoms with Gasteiger partial charge in [0, 0.05) is 12.1 Å². The summed E-state index contributed by atoms with van der Waals surface area (Å²) in [7, 11) is -8.23. The van der Waals surface area contributed by atoms with E-state index in [-0.39, 0.29) is 20.2 Å². The minimum atomic E-state index is -6.09. The summed E-state index contributed by atoms with van der Waals surface area (Å²) in [5.74, 6) is -1.27. The zero-order valence-corrected chi connectivity index (χ0v) is 14.2. The SMILES string of the molecule is Fc1ccc2c(c1)c1cc(F)ccc1[s+]2C(F)(F)F.O=S(=O)([O-])C(F)(F)F. The second-order valence-corrected chi connectivity index (χ2v) is 8.26. The maximum atomic E-state index is 13.2. The molecule has 13 heteroatoms. The van der Waals surface area contributed by atoms with Crippen LogP contribution in [0.15, 0.2) is 36.4 Å². The molecule has 1 aromatic heterocycles. The van der Waals surface area contributed by atoms with Crippen LogP contribution >= 0.6 is 10.5 Å². The van der Waals surface area contributed by atoms with E-state index in [9.17, 15) is 35.1 Å². The highest BCUT2D eigenvalue weighted by Gasteiger charge is 2.47. The first-order chi connectivity index (χ1) is 12.1. The topological polar surface area (TPSA) is 57.2 Å². The van der Waals surface area contributed by atoms with E-state index in [0.717, 1.165) is 36.4 Å². The average molecular weight is 438 g/mol. The summed E-state index contributed by atoms with van der Waals surface area (Å²) in [5, 5.41) is 0.241. The molecule has 0 bridgehead atoms. The fourth-order valence-corrected chi connectivity index (χ4v) is 4.07. The van der Waals surface area contributed by atoms with E-state index in [0.29, 0.717) is 0 Å². The second-order valence-electron chi connectivity index (χ2n) is 4.93. The highest BCUT2D eigenvalue weighted by atomic mass is 32.2. The average Bonchev–Trinajstić information content (AvgIpc) is 2.79. The molecule has 0 aliphatic carbocycles. The summed E-state index contributed by atoms with van der Waals surface area (Å²) in [6.07, 6.45) is 0. The monoisotopic (exact) mass is 438 g/mol. The molecule has 0 spiro atoms. The number of rotatable bonds is 0. The molecule has 0 amide bonds. The molecule has 27 heavy (non-hydrogen) atoms. The van der Waals surface area contributed by atoms with E-state index < -0.39 is 43.2 Å². The maximum Gasteiger partial charge on any atom is 0.601 e. The number of benzene rings is 2. The van der Waals surface area contributed by atoms with Crippen LogP contribution in [0.5, 0.6) is 0 Å². The zero-order chi connectivity index (χ0) is 20.8. The third-order valence-electron chi connectivity index (χ3n) is 3.13. The minimum absolute atomic E-state index is 0.00509. The van der Waals surface area contributed by atoms with E-state index in [4.69, 9.17) is 13.0 Å². The molecule has 0 aliphatic heterocycles. The Kier molecular flexibility index (Phi) is 5.42. The van der Waals surface area contributed by atoms with Crippen LogP contribution in [0, 0.1) is 11.6 Å². The van der Waals surface area contributed by atoms with Crippen molar-refractivity contribution in [2.24, 2.45) is 0 Å². The smallest absolute Gasteiger partial charge is 0.601 e. The molecule has 0 unspecified atom stereocenters. The molecule has 0 aliphatic rings. The van der Waals surface area contributed by atoms with Gasteiger partial charge in [-0.2, -0.15) is 13.2 Å². The first-order valence-electron chi connectivity index (χ1n) is 6.55. The zero-order valence-electron chi connectivity index (χ0n) is 12.5. The van der Waals surface area contributed by atoms with E-state index in [1.54, 1.807) is 0 Å². The molecule has 148 valence electrons. The van der Waals surface area contributed by atoms with Gasteiger partial charge in [0.1, 0.15) is 22.1 Å². The summed E-state index contributed by atoms with van der Waals surface area (Å²) in [5.41, 5.74) is -10.1. The lowest BCUT2D eigenvalue weighted by Gasteiger charge is -2.08. The largest absolute Gasteiger partial charge is 0.741 e. The van der Waals surface area contributed by atoms with Gasteiger partial charge in [0.2, 0.25) is 0 Å². The Morgan fingerprint density at radius 1 is 0.778 bits per heavy atom. The van der Waals surface area contributed by atoms with Gasteiger partial charge in [-0.3, -0.25) is 0 Å². The summed E-state index contributed by atoms with van der Waals surface area (Å²) in [4.78, 5) is 0. The molecule has 0 fully saturated rings. The van der Waals surface area contributed by atoms with Crippen molar-refractivity contribution in [2.75, 3.05) is 0 Å². The molecule has 2 aromatic carbocycles. The third-order valence-corrected chi connectivity index (χ3v) is 5.75. The van der Waals surface area contributed by atoms with Gasteiger partial charge in [0.05, 0.1) is 10.8 Å². The van der Waals surface area contributed by atoms with Gasteiger partial charge in [-0.05, 0) is 24.3 Å². The molecule has 3 nitrogen and oxygen atoms in total. The molecule has 0 saturated carbocycles. The molecule has 0 radical (unpaired) electrons. The van der Waals surface area contributed by atoms with Crippen LogP contribution in [-0.4, -0.2) is 18.5 Å². The van der Waals surface area contributed by atoms with Crippen LogP contribution < -0.4 is 0 Å². The predicted molar refractivity (Wildman–Crippen MR) is 80.9 cm³/mol. The summed E-state index contributed by atoms with van der Waals surface area (Å²) in [6.45, 7) is 0.